The monoisotopic (exact) mass is 641 g/mol. The second-order valence-corrected chi connectivity index (χ2v) is 14.1. The number of carbonyl (C=O) groups excluding carboxylic acids is 4. The van der Waals surface area contributed by atoms with E-state index in [0.717, 1.165) is 40.4 Å². The summed E-state index contributed by atoms with van der Waals surface area (Å²) in [6.45, 7) is 6.37. The second kappa shape index (κ2) is 15.8. The summed E-state index contributed by atoms with van der Waals surface area (Å²) in [5.41, 5.74) is 1.34. The Kier molecular flexibility index (Phi) is 12.1. The van der Waals surface area contributed by atoms with Crippen molar-refractivity contribution < 1.29 is 23.9 Å². The van der Waals surface area contributed by atoms with Crippen LogP contribution in [0.1, 0.15) is 59.3 Å². The molecule has 0 aliphatic carbocycles. The lowest BCUT2D eigenvalue weighted by Crippen LogP contribution is -2.53. The summed E-state index contributed by atoms with van der Waals surface area (Å²) in [6, 6.07) is 14.6. The zero-order chi connectivity index (χ0) is 31.7. The van der Waals surface area contributed by atoms with E-state index in [4.69, 9.17) is 4.74 Å². The van der Waals surface area contributed by atoms with Gasteiger partial charge in [-0.15, -0.1) is 0 Å². The summed E-state index contributed by atoms with van der Waals surface area (Å²) >= 11 is 0. The van der Waals surface area contributed by atoms with E-state index in [9.17, 15) is 19.2 Å². The quantitative estimate of drug-likeness (QED) is 0.177. The molecule has 2 aromatic carbocycles. The number of carbonyl (C=O) groups is 4. The SMILES string of the molecule is CNCC(=O)N[C@H]1CCOC2CC(C)(C)C(CCCCC(=O)Nc3ccccc3SSc3ccccc3NC(C)=O)N2C1=O. The number of nitrogens with zero attached hydrogens (tertiary/aromatic N) is 1. The number of ether oxygens (including phenoxy) is 1. The molecule has 4 amide bonds. The van der Waals surface area contributed by atoms with E-state index in [0.29, 0.717) is 25.9 Å². The Balaban J connectivity index is 1.30. The van der Waals surface area contributed by atoms with Gasteiger partial charge in [0.15, 0.2) is 0 Å². The van der Waals surface area contributed by atoms with Gasteiger partial charge < -0.3 is 30.9 Å². The number of nitrogens with one attached hydrogen (secondary N) is 4. The van der Waals surface area contributed by atoms with Gasteiger partial charge in [-0.25, -0.2) is 0 Å². The highest BCUT2D eigenvalue weighted by Gasteiger charge is 2.51. The molecule has 4 N–H and O–H groups in total. The molecule has 2 aliphatic heterocycles. The van der Waals surface area contributed by atoms with Gasteiger partial charge in [-0.05, 0) is 56.0 Å². The number of benzene rings is 2. The van der Waals surface area contributed by atoms with E-state index in [1.807, 2.05) is 53.4 Å². The maximum atomic E-state index is 13.6. The molecule has 12 heteroatoms. The number of amides is 4. The first-order chi connectivity index (χ1) is 21.1. The third kappa shape index (κ3) is 8.99. The molecular weight excluding hydrogens is 599 g/mol. The van der Waals surface area contributed by atoms with E-state index < -0.39 is 6.04 Å². The third-order valence-corrected chi connectivity index (χ3v) is 10.4. The van der Waals surface area contributed by atoms with Crippen LogP contribution in [0.3, 0.4) is 0 Å². The number of rotatable bonds is 13. The molecular formula is C32H43N5O5S2. The van der Waals surface area contributed by atoms with Crippen molar-refractivity contribution >= 4 is 56.6 Å². The minimum Gasteiger partial charge on any atom is -0.358 e. The van der Waals surface area contributed by atoms with Crippen molar-refractivity contribution in [3.63, 3.8) is 0 Å². The highest BCUT2D eigenvalue weighted by molar-refractivity contribution is 8.76. The van der Waals surface area contributed by atoms with E-state index in [1.165, 1.54) is 28.5 Å². The van der Waals surface area contributed by atoms with Crippen LogP contribution >= 0.6 is 21.6 Å². The first-order valence-corrected chi connectivity index (χ1v) is 17.2. The number of unbranched alkanes of at least 4 members (excludes halogenated alkanes) is 1. The van der Waals surface area contributed by atoms with Gasteiger partial charge in [-0.3, -0.25) is 19.2 Å². The third-order valence-electron chi connectivity index (χ3n) is 7.90. The predicted octanol–water partition coefficient (Wildman–Crippen LogP) is 5.02. The first-order valence-electron chi connectivity index (χ1n) is 15.1. The topological polar surface area (TPSA) is 129 Å². The Morgan fingerprint density at radius 3 is 2.23 bits per heavy atom. The average Bonchev–Trinajstić information content (AvgIpc) is 3.14. The molecule has 0 bridgehead atoms. The highest BCUT2D eigenvalue weighted by Crippen LogP contribution is 2.45. The number of anilines is 2. The van der Waals surface area contributed by atoms with Gasteiger partial charge in [-0.2, -0.15) is 0 Å². The van der Waals surface area contributed by atoms with Crippen LogP contribution in [-0.4, -0.2) is 67.0 Å². The van der Waals surface area contributed by atoms with Crippen molar-refractivity contribution in [1.29, 1.82) is 0 Å². The van der Waals surface area contributed by atoms with Gasteiger partial charge in [0.2, 0.25) is 23.6 Å². The number of hydrogen-bond donors (Lipinski definition) is 4. The summed E-state index contributed by atoms with van der Waals surface area (Å²) in [5.74, 6) is -0.487. The molecule has 44 heavy (non-hydrogen) atoms. The van der Waals surface area contributed by atoms with Crippen molar-refractivity contribution in [2.75, 3.05) is 30.8 Å². The smallest absolute Gasteiger partial charge is 0.247 e. The summed E-state index contributed by atoms with van der Waals surface area (Å²) in [4.78, 5) is 54.0. The van der Waals surface area contributed by atoms with Crippen LogP contribution in [0.15, 0.2) is 58.3 Å². The number of hydrogen-bond acceptors (Lipinski definition) is 8. The Bertz CT molecular complexity index is 1340. The first kappa shape index (κ1) is 33.8. The number of para-hydroxylation sites is 2. The van der Waals surface area contributed by atoms with Crippen LogP contribution in [0.5, 0.6) is 0 Å². The lowest BCUT2D eigenvalue weighted by atomic mass is 9.81. The molecule has 0 spiro atoms. The standard InChI is InChI=1S/C32H43N5O5S2/c1-21(38)34-22-11-5-7-13-25(22)43-44-26-14-8-6-12-23(26)35-28(39)16-10-9-15-27-32(2,3)19-30-37(27)31(41)24(17-18-42-30)36-29(40)20-33-4/h5-8,11-14,24,27,30,33H,9-10,15-20H2,1-4H3,(H,34,38)(H,35,39)(H,36,40)/t24-,27?,30?/m0/s1. The van der Waals surface area contributed by atoms with E-state index >= 15 is 0 Å². The molecule has 3 atom stereocenters. The van der Waals surface area contributed by atoms with E-state index in [-0.39, 0.29) is 47.9 Å². The molecule has 2 heterocycles. The normalized spacial score (nSPS) is 20.9. The van der Waals surface area contributed by atoms with Gasteiger partial charge >= 0.3 is 0 Å². The second-order valence-electron chi connectivity index (χ2n) is 11.9. The van der Waals surface area contributed by atoms with Crippen molar-refractivity contribution in [2.45, 2.75) is 87.4 Å². The molecule has 2 aromatic rings. The Labute approximate surface area is 267 Å². The van der Waals surface area contributed by atoms with Crippen LogP contribution in [0, 0.1) is 5.41 Å². The van der Waals surface area contributed by atoms with Gasteiger partial charge in [0, 0.05) is 35.6 Å². The van der Waals surface area contributed by atoms with Crippen molar-refractivity contribution in [3.8, 4) is 0 Å². The number of fused-ring (bicyclic) bond motifs is 1. The minimum absolute atomic E-state index is 0.0422. The molecule has 2 saturated heterocycles. The molecule has 0 aromatic heterocycles. The number of likely N-dealkylation sites (N-methyl/N-ethyl adjacent to an activating group) is 1. The van der Waals surface area contributed by atoms with Crippen LogP contribution in [0.25, 0.3) is 0 Å². The minimum atomic E-state index is -0.599. The fourth-order valence-electron chi connectivity index (χ4n) is 5.79. The lowest BCUT2D eigenvalue weighted by molar-refractivity contribution is -0.144. The zero-order valence-corrected chi connectivity index (χ0v) is 27.4. The Morgan fingerprint density at radius 1 is 0.955 bits per heavy atom. The lowest BCUT2D eigenvalue weighted by Gasteiger charge is -2.34. The maximum Gasteiger partial charge on any atom is 0.247 e. The van der Waals surface area contributed by atoms with Crippen molar-refractivity contribution in [3.05, 3.63) is 48.5 Å². The van der Waals surface area contributed by atoms with Gasteiger partial charge in [0.05, 0.1) is 24.5 Å². The fourth-order valence-corrected chi connectivity index (χ4v) is 8.07. The molecule has 0 radical (unpaired) electrons. The fraction of sp³-hybridized carbons (Fsp3) is 0.500. The average molecular weight is 642 g/mol. The van der Waals surface area contributed by atoms with Crippen LogP contribution in [0.4, 0.5) is 11.4 Å². The Morgan fingerprint density at radius 2 is 1.59 bits per heavy atom. The van der Waals surface area contributed by atoms with E-state index in [1.54, 1.807) is 7.05 Å². The van der Waals surface area contributed by atoms with E-state index in [2.05, 4.69) is 35.1 Å². The van der Waals surface area contributed by atoms with Gasteiger partial charge in [0.25, 0.3) is 0 Å². The summed E-state index contributed by atoms with van der Waals surface area (Å²) < 4.78 is 6.08. The molecule has 2 aliphatic rings. The van der Waals surface area contributed by atoms with Crippen LogP contribution in [-0.2, 0) is 23.9 Å². The largest absolute Gasteiger partial charge is 0.358 e. The summed E-state index contributed by atoms with van der Waals surface area (Å²) in [7, 11) is 4.73. The van der Waals surface area contributed by atoms with Gasteiger partial charge in [0.1, 0.15) is 12.3 Å². The van der Waals surface area contributed by atoms with Crippen LogP contribution < -0.4 is 21.3 Å². The highest BCUT2D eigenvalue weighted by atomic mass is 33.1. The summed E-state index contributed by atoms with van der Waals surface area (Å²) in [5, 5.41) is 11.6. The molecule has 10 nitrogen and oxygen atoms in total. The molecule has 0 saturated carbocycles. The van der Waals surface area contributed by atoms with Crippen molar-refractivity contribution in [1.82, 2.24) is 15.5 Å². The zero-order valence-electron chi connectivity index (χ0n) is 25.8. The molecule has 4 rings (SSSR count). The Hall–Kier alpha value is -3.06. The predicted molar refractivity (Wildman–Crippen MR) is 175 cm³/mol. The maximum absolute atomic E-state index is 13.6. The summed E-state index contributed by atoms with van der Waals surface area (Å²) in [6.07, 6.45) is 3.47. The molecule has 2 unspecified atom stereocenters. The molecule has 238 valence electrons. The van der Waals surface area contributed by atoms with Crippen LogP contribution in [0.2, 0.25) is 0 Å². The van der Waals surface area contributed by atoms with Gasteiger partial charge in [-0.1, -0.05) is 66.1 Å². The molecule has 2 fully saturated rings. The van der Waals surface area contributed by atoms with Crippen molar-refractivity contribution in [2.24, 2.45) is 5.41 Å².